The van der Waals surface area contributed by atoms with Gasteiger partial charge < -0.3 is 0 Å². The van der Waals surface area contributed by atoms with E-state index in [1.807, 2.05) is 18.2 Å². The first kappa shape index (κ1) is 12.0. The van der Waals surface area contributed by atoms with Crippen LogP contribution in [0.5, 0.6) is 0 Å². The lowest BCUT2D eigenvalue weighted by atomic mass is 10.1. The summed E-state index contributed by atoms with van der Waals surface area (Å²) in [6, 6.07) is 8.29. The quantitative estimate of drug-likeness (QED) is 0.762. The van der Waals surface area contributed by atoms with E-state index < -0.39 is 17.8 Å². The Morgan fingerprint density at radius 1 is 1.24 bits per heavy atom. The lowest BCUT2D eigenvalue weighted by Gasteiger charge is -2.17. The first-order valence-corrected chi connectivity index (χ1v) is 6.68. The molecular formula is C15H11N3O3. The molecule has 1 atom stereocenters. The van der Waals surface area contributed by atoms with Crippen LogP contribution in [0.2, 0.25) is 0 Å². The Bertz CT molecular complexity index is 736. The van der Waals surface area contributed by atoms with Gasteiger partial charge in [0.1, 0.15) is 5.70 Å². The molecule has 3 aliphatic heterocycles. The maximum atomic E-state index is 12.3. The average molecular weight is 281 g/mol. The summed E-state index contributed by atoms with van der Waals surface area (Å²) >= 11 is 0. The Hall–Kier alpha value is -2.76. The molecule has 1 saturated heterocycles. The molecule has 0 radical (unpaired) electrons. The van der Waals surface area contributed by atoms with Crippen molar-refractivity contribution in [2.45, 2.75) is 18.9 Å². The van der Waals surface area contributed by atoms with Gasteiger partial charge in [0.05, 0.1) is 18.2 Å². The maximum Gasteiger partial charge on any atom is 0.339 e. The molecule has 1 aromatic rings. The molecule has 21 heavy (non-hydrogen) atoms. The van der Waals surface area contributed by atoms with Crippen LogP contribution >= 0.6 is 0 Å². The van der Waals surface area contributed by atoms with Crippen LogP contribution in [0.3, 0.4) is 0 Å². The highest BCUT2D eigenvalue weighted by Crippen LogP contribution is 2.39. The van der Waals surface area contributed by atoms with Crippen molar-refractivity contribution in [3.8, 4) is 0 Å². The van der Waals surface area contributed by atoms with Crippen molar-refractivity contribution in [2.75, 3.05) is 0 Å². The van der Waals surface area contributed by atoms with Gasteiger partial charge in [-0.3, -0.25) is 19.5 Å². The van der Waals surface area contributed by atoms with Crippen LogP contribution in [0.4, 0.5) is 4.79 Å². The third-order valence-electron chi connectivity index (χ3n) is 3.90. The molecule has 1 aromatic carbocycles. The summed E-state index contributed by atoms with van der Waals surface area (Å²) in [5.41, 5.74) is 1.65. The molecule has 6 nitrogen and oxygen atoms in total. The number of imide groups is 3. The van der Waals surface area contributed by atoms with Crippen LogP contribution in [0.1, 0.15) is 12.0 Å². The number of urea groups is 1. The van der Waals surface area contributed by atoms with E-state index in [1.165, 1.54) is 4.90 Å². The van der Waals surface area contributed by atoms with Gasteiger partial charge in [-0.1, -0.05) is 30.3 Å². The van der Waals surface area contributed by atoms with Crippen LogP contribution < -0.4 is 0 Å². The highest BCUT2D eigenvalue weighted by atomic mass is 16.2. The minimum atomic E-state index is -0.554. The monoisotopic (exact) mass is 281 g/mol. The Morgan fingerprint density at radius 2 is 2.00 bits per heavy atom. The third-order valence-corrected chi connectivity index (χ3v) is 3.90. The van der Waals surface area contributed by atoms with Gasteiger partial charge in [-0.05, 0) is 5.56 Å². The number of aliphatic imine (C=N–C) groups is 1. The molecule has 4 amide bonds. The third kappa shape index (κ3) is 1.59. The smallest absolute Gasteiger partial charge is 0.278 e. The van der Waals surface area contributed by atoms with Crippen molar-refractivity contribution in [2.24, 2.45) is 4.99 Å². The molecule has 0 aliphatic carbocycles. The van der Waals surface area contributed by atoms with Crippen LogP contribution in [-0.4, -0.2) is 39.9 Å². The van der Waals surface area contributed by atoms with Crippen molar-refractivity contribution in [1.82, 2.24) is 9.80 Å². The number of hydrogen-bond acceptors (Lipinski definition) is 4. The van der Waals surface area contributed by atoms with E-state index in [4.69, 9.17) is 0 Å². The number of amides is 4. The first-order chi connectivity index (χ1) is 10.2. The Balaban J connectivity index is 1.63. The number of fused-ring (bicyclic) bond motifs is 4. The fraction of sp³-hybridized carbons (Fsp3) is 0.200. The fourth-order valence-corrected chi connectivity index (χ4v) is 2.93. The van der Waals surface area contributed by atoms with Gasteiger partial charge in [0.25, 0.3) is 5.91 Å². The standard InChI is InChI=1S/C15H11N3O3/c19-12(6-9-4-2-1-3-5-9)18-14(20)13-11-7-10(8-16-11)17(13)15(18)21/h1-5,8,10H,6-7H2. The zero-order valence-electron chi connectivity index (χ0n) is 11.0. The van der Waals surface area contributed by atoms with Gasteiger partial charge in [-0.15, -0.1) is 0 Å². The van der Waals surface area contributed by atoms with Gasteiger partial charge in [-0.25, -0.2) is 4.79 Å². The average Bonchev–Trinajstić information content (AvgIpc) is 3.14. The second-order valence-corrected chi connectivity index (χ2v) is 5.19. The molecule has 1 unspecified atom stereocenters. The minimum Gasteiger partial charge on any atom is -0.278 e. The number of benzene rings is 1. The van der Waals surface area contributed by atoms with Gasteiger partial charge >= 0.3 is 6.03 Å². The number of nitrogens with zero attached hydrogens (tertiary/aromatic N) is 3. The summed E-state index contributed by atoms with van der Waals surface area (Å²) in [6.45, 7) is 0. The first-order valence-electron chi connectivity index (χ1n) is 6.68. The summed E-state index contributed by atoms with van der Waals surface area (Å²) in [5.74, 6) is -1.05. The van der Waals surface area contributed by atoms with Crippen LogP contribution in [0, 0.1) is 0 Å². The van der Waals surface area contributed by atoms with Gasteiger partial charge in [0, 0.05) is 12.6 Å². The van der Waals surface area contributed by atoms with E-state index in [9.17, 15) is 14.4 Å². The van der Waals surface area contributed by atoms with E-state index in [-0.39, 0.29) is 18.2 Å². The zero-order valence-corrected chi connectivity index (χ0v) is 11.0. The number of hydrogen-bond donors (Lipinski definition) is 0. The molecule has 1 fully saturated rings. The Labute approximate surface area is 120 Å². The molecule has 3 aliphatic rings. The van der Waals surface area contributed by atoms with Crippen molar-refractivity contribution in [3.05, 3.63) is 47.3 Å². The zero-order chi connectivity index (χ0) is 14.6. The van der Waals surface area contributed by atoms with Crippen LogP contribution in [0.15, 0.2) is 46.7 Å². The van der Waals surface area contributed by atoms with Gasteiger partial charge in [0.15, 0.2) is 0 Å². The van der Waals surface area contributed by atoms with E-state index >= 15 is 0 Å². The van der Waals surface area contributed by atoms with Crippen molar-refractivity contribution in [3.63, 3.8) is 0 Å². The van der Waals surface area contributed by atoms with Gasteiger partial charge in [0.2, 0.25) is 5.91 Å². The van der Waals surface area contributed by atoms with Crippen molar-refractivity contribution in [1.29, 1.82) is 0 Å². The maximum absolute atomic E-state index is 12.3. The molecule has 0 N–H and O–H groups in total. The Morgan fingerprint density at radius 3 is 2.71 bits per heavy atom. The topological polar surface area (TPSA) is 70.1 Å². The Kier molecular flexibility index (Phi) is 2.35. The van der Waals surface area contributed by atoms with Crippen LogP contribution in [-0.2, 0) is 16.0 Å². The SMILES string of the molecule is O=C(Cc1ccccc1)N1C(=O)C2=C3CC(C=N3)N2C1=O. The fourth-order valence-electron chi connectivity index (χ4n) is 2.93. The minimum absolute atomic E-state index is 0.0281. The molecular weight excluding hydrogens is 270 g/mol. The summed E-state index contributed by atoms with van der Waals surface area (Å²) < 4.78 is 0. The largest absolute Gasteiger partial charge is 0.339 e. The molecule has 4 rings (SSSR count). The predicted octanol–water partition coefficient (Wildman–Crippen LogP) is 1.09. The highest BCUT2D eigenvalue weighted by Gasteiger charge is 2.53. The summed E-state index contributed by atoms with van der Waals surface area (Å²) in [7, 11) is 0. The molecule has 2 bridgehead atoms. The van der Waals surface area contributed by atoms with E-state index in [1.54, 1.807) is 18.3 Å². The van der Waals surface area contributed by atoms with E-state index in [0.717, 1.165) is 10.5 Å². The molecule has 104 valence electrons. The summed E-state index contributed by atoms with van der Waals surface area (Å²) in [4.78, 5) is 43.2. The summed E-state index contributed by atoms with van der Waals surface area (Å²) in [6.07, 6.45) is 2.25. The molecule has 0 spiro atoms. The molecule has 0 aromatic heterocycles. The van der Waals surface area contributed by atoms with E-state index in [2.05, 4.69) is 4.99 Å². The van der Waals surface area contributed by atoms with Crippen molar-refractivity contribution < 1.29 is 14.4 Å². The van der Waals surface area contributed by atoms with Crippen LogP contribution in [0.25, 0.3) is 0 Å². The normalized spacial score (nSPS) is 22.6. The van der Waals surface area contributed by atoms with Gasteiger partial charge in [-0.2, -0.15) is 4.90 Å². The lowest BCUT2D eigenvalue weighted by molar-refractivity contribution is -0.136. The highest BCUT2D eigenvalue weighted by molar-refractivity contribution is 6.23. The van der Waals surface area contributed by atoms with E-state index in [0.29, 0.717) is 12.1 Å². The molecule has 3 heterocycles. The van der Waals surface area contributed by atoms with Crippen molar-refractivity contribution >= 4 is 24.1 Å². The second kappa shape index (κ2) is 4.12. The lowest BCUT2D eigenvalue weighted by Crippen LogP contribution is -2.41. The predicted molar refractivity (Wildman–Crippen MR) is 73.2 cm³/mol. The number of rotatable bonds is 2. The molecule has 6 heteroatoms. The second-order valence-electron chi connectivity index (χ2n) is 5.19. The summed E-state index contributed by atoms with van der Waals surface area (Å²) in [5, 5.41) is 0. The molecule has 0 saturated carbocycles. The number of carbonyl (C=O) groups excluding carboxylic acids is 3. The number of carbonyl (C=O) groups is 3.